The quantitative estimate of drug-likeness (QED) is 0.608. The maximum atomic E-state index is 14.4. The third-order valence-electron chi connectivity index (χ3n) is 5.94. The van der Waals surface area contributed by atoms with Crippen molar-refractivity contribution in [3.63, 3.8) is 0 Å². The predicted molar refractivity (Wildman–Crippen MR) is 119 cm³/mol. The highest BCUT2D eigenvalue weighted by molar-refractivity contribution is 7.89. The van der Waals surface area contributed by atoms with E-state index >= 15 is 0 Å². The summed E-state index contributed by atoms with van der Waals surface area (Å²) < 4.78 is 43.8. The lowest BCUT2D eigenvalue weighted by atomic mass is 10.1. The largest absolute Gasteiger partial charge is 0.347 e. The minimum Gasteiger partial charge on any atom is -0.347 e. The van der Waals surface area contributed by atoms with E-state index in [1.165, 1.54) is 16.4 Å². The zero-order valence-electron chi connectivity index (χ0n) is 18.2. The SMILES string of the molecule is Cc1c(S(=O)(=O)N2CCN[C@@H](C)C2)cc(C(=O)NCc2c(F)ccc3ncccc23)n1C. The third-order valence-corrected chi connectivity index (χ3v) is 7.92. The molecule has 32 heavy (non-hydrogen) atoms. The van der Waals surface area contributed by atoms with Crippen molar-refractivity contribution in [2.24, 2.45) is 7.05 Å². The fraction of sp³-hybridized carbons (Fsp3) is 0.364. The highest BCUT2D eigenvalue weighted by Gasteiger charge is 2.32. The monoisotopic (exact) mass is 459 g/mol. The van der Waals surface area contributed by atoms with E-state index in [2.05, 4.69) is 15.6 Å². The zero-order valence-corrected chi connectivity index (χ0v) is 19.0. The van der Waals surface area contributed by atoms with Gasteiger partial charge < -0.3 is 15.2 Å². The summed E-state index contributed by atoms with van der Waals surface area (Å²) in [5.41, 5.74) is 1.63. The van der Waals surface area contributed by atoms with Crippen LogP contribution in [-0.4, -0.2) is 53.9 Å². The Morgan fingerprint density at radius 2 is 2.12 bits per heavy atom. The van der Waals surface area contributed by atoms with Gasteiger partial charge in [0.25, 0.3) is 5.91 Å². The summed E-state index contributed by atoms with van der Waals surface area (Å²) in [6, 6.07) is 7.82. The molecule has 1 amide bonds. The van der Waals surface area contributed by atoms with Crippen LogP contribution in [0.1, 0.15) is 28.7 Å². The Balaban J connectivity index is 1.59. The molecule has 3 aromatic rings. The Morgan fingerprint density at radius 1 is 1.34 bits per heavy atom. The van der Waals surface area contributed by atoms with Crippen LogP contribution in [0.5, 0.6) is 0 Å². The summed E-state index contributed by atoms with van der Waals surface area (Å²) in [6.07, 6.45) is 1.62. The van der Waals surface area contributed by atoms with Crippen LogP contribution in [0.15, 0.2) is 41.4 Å². The molecule has 10 heteroatoms. The molecule has 4 rings (SSSR count). The second-order valence-electron chi connectivity index (χ2n) is 8.04. The molecule has 0 radical (unpaired) electrons. The standard InChI is InChI=1S/C22H26FN5O3S/c1-14-13-28(10-9-24-14)32(30,31)21-11-20(27(3)15(21)2)22(29)26-12-17-16-5-4-8-25-19(16)7-6-18(17)23/h4-8,11,14,24H,9-10,12-13H2,1-3H3,(H,26,29)/t14-/m0/s1. The Labute approximate surface area is 186 Å². The van der Waals surface area contributed by atoms with Crippen molar-refractivity contribution in [1.82, 2.24) is 24.5 Å². The van der Waals surface area contributed by atoms with Crippen molar-refractivity contribution < 1.29 is 17.6 Å². The molecule has 3 heterocycles. The van der Waals surface area contributed by atoms with E-state index in [9.17, 15) is 17.6 Å². The summed E-state index contributed by atoms with van der Waals surface area (Å²) in [7, 11) is -2.09. The molecule has 1 fully saturated rings. The number of halogens is 1. The molecule has 1 aromatic carbocycles. The number of rotatable bonds is 5. The Morgan fingerprint density at radius 3 is 2.88 bits per heavy atom. The number of carbonyl (C=O) groups is 1. The number of benzene rings is 1. The minimum absolute atomic E-state index is 0.0463. The van der Waals surface area contributed by atoms with Crippen LogP contribution in [-0.2, 0) is 23.6 Å². The van der Waals surface area contributed by atoms with Gasteiger partial charge in [0.1, 0.15) is 16.4 Å². The molecule has 1 saturated heterocycles. The highest BCUT2D eigenvalue weighted by Crippen LogP contribution is 2.25. The molecule has 1 aliphatic rings. The van der Waals surface area contributed by atoms with Gasteiger partial charge in [-0.2, -0.15) is 4.31 Å². The van der Waals surface area contributed by atoms with Crippen molar-refractivity contribution in [2.75, 3.05) is 19.6 Å². The second-order valence-corrected chi connectivity index (χ2v) is 9.94. The van der Waals surface area contributed by atoms with Gasteiger partial charge >= 0.3 is 0 Å². The number of hydrogen-bond donors (Lipinski definition) is 2. The van der Waals surface area contributed by atoms with E-state index < -0.39 is 21.7 Å². The van der Waals surface area contributed by atoms with Gasteiger partial charge in [0.05, 0.1) is 5.52 Å². The van der Waals surface area contributed by atoms with Gasteiger partial charge in [-0.1, -0.05) is 6.07 Å². The third kappa shape index (κ3) is 4.01. The summed E-state index contributed by atoms with van der Waals surface area (Å²) in [4.78, 5) is 17.2. The van der Waals surface area contributed by atoms with Gasteiger partial charge in [-0.25, -0.2) is 12.8 Å². The van der Waals surface area contributed by atoms with Gasteiger partial charge in [-0.3, -0.25) is 9.78 Å². The smallest absolute Gasteiger partial charge is 0.268 e. The summed E-state index contributed by atoms with van der Waals surface area (Å²) in [5.74, 6) is -0.920. The maximum absolute atomic E-state index is 14.4. The number of aromatic nitrogens is 2. The number of pyridine rings is 1. The molecule has 0 saturated carbocycles. The van der Waals surface area contributed by atoms with Gasteiger partial charge in [0.2, 0.25) is 10.0 Å². The van der Waals surface area contributed by atoms with E-state index in [0.717, 1.165) is 0 Å². The Kier molecular flexibility index (Phi) is 6.02. The van der Waals surface area contributed by atoms with Crippen LogP contribution in [0.25, 0.3) is 10.9 Å². The van der Waals surface area contributed by atoms with Crippen LogP contribution in [0.3, 0.4) is 0 Å². The molecule has 1 aliphatic heterocycles. The fourth-order valence-corrected chi connectivity index (χ4v) is 5.83. The molecule has 0 bridgehead atoms. The molecule has 2 N–H and O–H groups in total. The lowest BCUT2D eigenvalue weighted by Gasteiger charge is -2.30. The Hall–Kier alpha value is -2.82. The maximum Gasteiger partial charge on any atom is 0.268 e. The first-order chi connectivity index (χ1) is 15.2. The van der Waals surface area contributed by atoms with Crippen molar-refractivity contribution in [3.8, 4) is 0 Å². The van der Waals surface area contributed by atoms with Crippen LogP contribution in [0.2, 0.25) is 0 Å². The molecule has 1 atom stereocenters. The molecular formula is C22H26FN5O3S. The average molecular weight is 460 g/mol. The average Bonchev–Trinajstić information content (AvgIpc) is 3.08. The first-order valence-corrected chi connectivity index (χ1v) is 11.8. The predicted octanol–water partition coefficient (Wildman–Crippen LogP) is 1.93. The van der Waals surface area contributed by atoms with Gasteiger partial charge in [-0.05, 0) is 38.1 Å². The normalized spacial score (nSPS) is 17.6. The fourth-order valence-electron chi connectivity index (χ4n) is 4.03. The number of piperazine rings is 1. The van der Waals surface area contributed by atoms with E-state index in [-0.39, 0.29) is 23.2 Å². The summed E-state index contributed by atoms with van der Waals surface area (Å²) in [6.45, 7) is 4.87. The van der Waals surface area contributed by atoms with Crippen LogP contribution >= 0.6 is 0 Å². The highest BCUT2D eigenvalue weighted by atomic mass is 32.2. The van der Waals surface area contributed by atoms with Crippen molar-refractivity contribution >= 4 is 26.8 Å². The van der Waals surface area contributed by atoms with Crippen molar-refractivity contribution in [3.05, 3.63) is 59.3 Å². The minimum atomic E-state index is -3.74. The topological polar surface area (TPSA) is 96.3 Å². The number of carbonyl (C=O) groups excluding carboxylic acids is 1. The molecule has 8 nitrogen and oxygen atoms in total. The molecular weight excluding hydrogens is 433 g/mol. The van der Waals surface area contributed by atoms with Gasteiger partial charge in [0.15, 0.2) is 0 Å². The first-order valence-electron chi connectivity index (χ1n) is 10.4. The van der Waals surface area contributed by atoms with Gasteiger partial charge in [-0.15, -0.1) is 0 Å². The number of nitrogens with one attached hydrogen (secondary N) is 2. The van der Waals surface area contributed by atoms with Crippen LogP contribution in [0, 0.1) is 12.7 Å². The van der Waals surface area contributed by atoms with Gasteiger partial charge in [0, 0.05) is 62.1 Å². The number of nitrogens with zero attached hydrogens (tertiary/aromatic N) is 3. The lowest BCUT2D eigenvalue weighted by Crippen LogP contribution is -2.51. The molecule has 0 spiro atoms. The first kappa shape index (κ1) is 22.4. The Bertz CT molecular complexity index is 1290. The second kappa shape index (κ2) is 8.61. The van der Waals surface area contributed by atoms with E-state index in [4.69, 9.17) is 0 Å². The summed E-state index contributed by atoms with van der Waals surface area (Å²) in [5, 5.41) is 6.56. The lowest BCUT2D eigenvalue weighted by molar-refractivity contribution is 0.0942. The number of amides is 1. The van der Waals surface area contributed by atoms with Crippen LogP contribution < -0.4 is 10.6 Å². The molecule has 2 aromatic heterocycles. The zero-order chi connectivity index (χ0) is 23.0. The number of sulfonamides is 1. The summed E-state index contributed by atoms with van der Waals surface area (Å²) >= 11 is 0. The molecule has 170 valence electrons. The van der Waals surface area contributed by atoms with Crippen molar-refractivity contribution in [1.29, 1.82) is 0 Å². The number of fused-ring (bicyclic) bond motifs is 1. The van der Waals surface area contributed by atoms with E-state index in [1.54, 1.807) is 42.9 Å². The van der Waals surface area contributed by atoms with E-state index in [0.29, 0.717) is 41.8 Å². The van der Waals surface area contributed by atoms with E-state index in [1.807, 2.05) is 6.92 Å². The van der Waals surface area contributed by atoms with Crippen molar-refractivity contribution in [2.45, 2.75) is 31.3 Å². The molecule has 0 aliphatic carbocycles. The van der Waals surface area contributed by atoms with Crippen LogP contribution in [0.4, 0.5) is 4.39 Å². The number of hydrogen-bond acceptors (Lipinski definition) is 5. The molecule has 0 unspecified atom stereocenters.